The average molecular weight is 508 g/mol. The zero-order valence-corrected chi connectivity index (χ0v) is 21.6. The molecule has 0 saturated heterocycles. The molecule has 4 rings (SSSR count). The molecule has 0 atom stereocenters. The summed E-state index contributed by atoms with van der Waals surface area (Å²) < 4.78 is 7.11. The molecule has 3 aromatic carbocycles. The number of azo groups is 1. The molecule has 0 bridgehead atoms. The Labute approximate surface area is 221 Å². The van der Waals surface area contributed by atoms with Crippen molar-refractivity contribution in [3.63, 3.8) is 0 Å². The Morgan fingerprint density at radius 3 is 2.18 bits per heavy atom. The van der Waals surface area contributed by atoms with Crippen molar-refractivity contribution in [1.82, 2.24) is 4.57 Å². The van der Waals surface area contributed by atoms with E-state index in [2.05, 4.69) is 22.1 Å². The molecule has 1 heterocycles. The van der Waals surface area contributed by atoms with Gasteiger partial charge in [0.05, 0.1) is 6.61 Å². The van der Waals surface area contributed by atoms with Crippen molar-refractivity contribution < 1.29 is 9.84 Å². The number of ether oxygens (including phenoxy) is 1. The molecule has 4 aromatic rings. The van der Waals surface area contributed by atoms with Crippen LogP contribution in [0.2, 0.25) is 0 Å². The minimum Gasteiger partial charge on any atom is -0.493 e. The van der Waals surface area contributed by atoms with Gasteiger partial charge in [-0.1, -0.05) is 49.7 Å². The number of anilines is 3. The van der Waals surface area contributed by atoms with Gasteiger partial charge in [0.15, 0.2) is 5.69 Å². The summed E-state index contributed by atoms with van der Waals surface area (Å²) in [5.74, 6) is 0.120. The van der Waals surface area contributed by atoms with Gasteiger partial charge in [-0.2, -0.15) is 5.26 Å². The second-order valence-electron chi connectivity index (χ2n) is 8.71. The third-order valence-corrected chi connectivity index (χ3v) is 6.13. The number of benzene rings is 3. The van der Waals surface area contributed by atoms with E-state index in [-0.39, 0.29) is 16.8 Å². The van der Waals surface area contributed by atoms with Crippen LogP contribution in [0.25, 0.3) is 0 Å². The monoisotopic (exact) mass is 507 g/mol. The summed E-state index contributed by atoms with van der Waals surface area (Å²) in [6.07, 6.45) is 1.83. The van der Waals surface area contributed by atoms with Crippen LogP contribution in [-0.4, -0.2) is 16.3 Å². The number of para-hydroxylation sites is 2. The van der Waals surface area contributed by atoms with Crippen LogP contribution >= 0.6 is 0 Å². The van der Waals surface area contributed by atoms with Gasteiger partial charge < -0.3 is 14.7 Å². The Balaban J connectivity index is 1.81. The smallest absolute Gasteiger partial charge is 0.281 e. The Hall–Kier alpha value is -4.90. The number of nitrogens with zero attached hydrogens (tertiary/aromatic N) is 5. The first-order valence-electron chi connectivity index (χ1n) is 12.4. The van der Waals surface area contributed by atoms with Crippen molar-refractivity contribution in [2.24, 2.45) is 17.3 Å². The van der Waals surface area contributed by atoms with E-state index >= 15 is 0 Å². The first kappa shape index (κ1) is 26.2. The molecule has 0 aliphatic rings. The summed E-state index contributed by atoms with van der Waals surface area (Å²) in [6.45, 7) is 4.15. The molecule has 0 unspecified atom stereocenters. The highest BCUT2D eigenvalue weighted by atomic mass is 16.5. The molecule has 0 amide bonds. The lowest BCUT2D eigenvalue weighted by atomic mass is 10.1. The van der Waals surface area contributed by atoms with E-state index in [1.807, 2.05) is 78.9 Å². The van der Waals surface area contributed by atoms with E-state index < -0.39 is 11.4 Å². The molecule has 38 heavy (non-hydrogen) atoms. The summed E-state index contributed by atoms with van der Waals surface area (Å²) in [5.41, 5.74) is 2.97. The van der Waals surface area contributed by atoms with E-state index in [4.69, 9.17) is 4.74 Å². The minimum atomic E-state index is -0.549. The lowest BCUT2D eigenvalue weighted by molar-refractivity contribution is 0.310. The van der Waals surface area contributed by atoms with Gasteiger partial charge in [0, 0.05) is 35.7 Å². The van der Waals surface area contributed by atoms with Gasteiger partial charge in [-0.15, -0.1) is 10.2 Å². The van der Waals surface area contributed by atoms with Gasteiger partial charge >= 0.3 is 0 Å². The molecule has 192 valence electrons. The van der Waals surface area contributed by atoms with Crippen LogP contribution < -0.4 is 15.2 Å². The number of nitriles is 1. The summed E-state index contributed by atoms with van der Waals surface area (Å²) in [6, 6.07) is 27.6. The molecule has 8 nitrogen and oxygen atoms in total. The molecule has 0 aliphatic heterocycles. The van der Waals surface area contributed by atoms with Crippen LogP contribution in [0.15, 0.2) is 93.9 Å². The summed E-state index contributed by atoms with van der Waals surface area (Å²) in [7, 11) is 1.38. The lowest BCUT2D eigenvalue weighted by Crippen LogP contribution is -2.18. The fraction of sp³-hybridized carbons (Fsp3) is 0.200. The lowest BCUT2D eigenvalue weighted by Gasteiger charge is -2.26. The highest BCUT2D eigenvalue weighted by Gasteiger charge is 2.18. The maximum atomic E-state index is 12.8. The Morgan fingerprint density at radius 1 is 0.974 bits per heavy atom. The molecule has 0 aliphatic carbocycles. The fourth-order valence-electron chi connectivity index (χ4n) is 3.99. The number of pyridine rings is 1. The zero-order valence-electron chi connectivity index (χ0n) is 21.6. The Bertz CT molecular complexity index is 1500. The van der Waals surface area contributed by atoms with Crippen molar-refractivity contribution in [3.8, 4) is 17.7 Å². The van der Waals surface area contributed by atoms with Crippen molar-refractivity contribution in [1.29, 1.82) is 5.26 Å². The van der Waals surface area contributed by atoms with Crippen LogP contribution in [0.4, 0.5) is 28.4 Å². The average Bonchev–Trinajstić information content (AvgIpc) is 2.94. The van der Waals surface area contributed by atoms with Gasteiger partial charge in [-0.3, -0.25) is 9.36 Å². The Morgan fingerprint density at radius 2 is 1.61 bits per heavy atom. The number of aromatic hydroxyl groups is 1. The normalized spacial score (nSPS) is 10.9. The van der Waals surface area contributed by atoms with E-state index in [1.165, 1.54) is 7.05 Å². The van der Waals surface area contributed by atoms with E-state index in [0.717, 1.165) is 34.5 Å². The molecule has 8 heteroatoms. The van der Waals surface area contributed by atoms with Crippen molar-refractivity contribution in [2.75, 3.05) is 11.5 Å². The Kier molecular flexibility index (Phi) is 8.19. The summed E-state index contributed by atoms with van der Waals surface area (Å²) in [4.78, 5) is 14.9. The molecule has 1 aromatic heterocycles. The van der Waals surface area contributed by atoms with Crippen molar-refractivity contribution in [2.45, 2.75) is 26.7 Å². The number of unbranched alkanes of at least 4 members (excludes halogenated alkanes) is 1. The maximum Gasteiger partial charge on any atom is 0.281 e. The largest absolute Gasteiger partial charge is 0.493 e. The van der Waals surface area contributed by atoms with Gasteiger partial charge in [-0.05, 0) is 49.7 Å². The molecular weight excluding hydrogens is 478 g/mol. The van der Waals surface area contributed by atoms with Crippen molar-refractivity contribution in [3.05, 3.63) is 100 Å². The highest BCUT2D eigenvalue weighted by molar-refractivity contribution is 5.78. The van der Waals surface area contributed by atoms with E-state index in [9.17, 15) is 15.2 Å². The maximum absolute atomic E-state index is 12.8. The van der Waals surface area contributed by atoms with Gasteiger partial charge in [-0.25, -0.2) is 0 Å². The number of hydrogen-bond donors (Lipinski definition) is 1. The highest BCUT2D eigenvalue weighted by Crippen LogP contribution is 2.40. The van der Waals surface area contributed by atoms with Crippen LogP contribution in [0.1, 0.15) is 30.9 Å². The van der Waals surface area contributed by atoms with E-state index in [1.54, 1.807) is 13.0 Å². The molecule has 0 fully saturated rings. The van der Waals surface area contributed by atoms with Gasteiger partial charge in [0.2, 0.25) is 5.88 Å². The second kappa shape index (κ2) is 11.9. The second-order valence-corrected chi connectivity index (χ2v) is 8.71. The van der Waals surface area contributed by atoms with Crippen molar-refractivity contribution >= 4 is 28.4 Å². The van der Waals surface area contributed by atoms with Crippen LogP contribution in [0.5, 0.6) is 11.6 Å². The molecular formula is C30H29N5O3. The minimum absolute atomic E-state index is 0.0133. The third kappa shape index (κ3) is 5.42. The third-order valence-electron chi connectivity index (χ3n) is 6.13. The summed E-state index contributed by atoms with van der Waals surface area (Å²) in [5, 5.41) is 28.1. The zero-order chi connectivity index (χ0) is 27.1. The standard InChI is InChI=1S/C30H29N5O3/c1-4-5-18-38-27-19-24(35(22-12-8-6-9-13-22)23-14-10-7-11-15-23)16-17-26(27)32-33-28-21(2)25(20-31)29(36)34(3)30(28)37/h6-17,19,36H,4-5,18H2,1-3H3. The topological polar surface area (TPSA) is 103 Å². The predicted octanol–water partition coefficient (Wildman–Crippen LogP) is 7.34. The predicted molar refractivity (Wildman–Crippen MR) is 149 cm³/mol. The quantitative estimate of drug-likeness (QED) is 0.189. The first-order valence-corrected chi connectivity index (χ1v) is 12.4. The number of aromatic nitrogens is 1. The fourth-order valence-corrected chi connectivity index (χ4v) is 3.99. The van der Waals surface area contributed by atoms with Crippen LogP contribution in [-0.2, 0) is 7.05 Å². The number of hydrogen-bond acceptors (Lipinski definition) is 7. The van der Waals surface area contributed by atoms with Gasteiger partial charge in [0.25, 0.3) is 5.56 Å². The first-order chi connectivity index (χ1) is 18.5. The van der Waals surface area contributed by atoms with Gasteiger partial charge in [0.1, 0.15) is 23.1 Å². The number of rotatable bonds is 9. The van der Waals surface area contributed by atoms with Crippen LogP contribution in [0, 0.1) is 18.3 Å². The van der Waals surface area contributed by atoms with Crippen LogP contribution in [0.3, 0.4) is 0 Å². The molecule has 1 N–H and O–H groups in total. The van der Waals surface area contributed by atoms with E-state index in [0.29, 0.717) is 18.0 Å². The molecule has 0 spiro atoms. The molecule has 0 radical (unpaired) electrons. The SMILES string of the molecule is CCCCOc1cc(N(c2ccccc2)c2ccccc2)ccc1N=Nc1c(C)c(C#N)c(O)n(C)c1=O. The summed E-state index contributed by atoms with van der Waals surface area (Å²) >= 11 is 0. The molecule has 0 saturated carbocycles.